The SMILES string of the molecule is CC(=O)Nc1ccc(C(=O)Nc2ccccc2OC(C)C)o1. The molecule has 2 rings (SSSR count). The summed E-state index contributed by atoms with van der Waals surface area (Å²) in [5.41, 5.74) is 0.554. The van der Waals surface area contributed by atoms with Gasteiger partial charge in [-0.2, -0.15) is 0 Å². The predicted octanol–water partition coefficient (Wildman–Crippen LogP) is 3.28. The van der Waals surface area contributed by atoms with Crippen LogP contribution in [0.5, 0.6) is 5.75 Å². The van der Waals surface area contributed by atoms with Crippen molar-refractivity contribution in [1.29, 1.82) is 0 Å². The molecule has 0 atom stereocenters. The van der Waals surface area contributed by atoms with Crippen LogP contribution in [0.15, 0.2) is 40.8 Å². The molecular formula is C16H18N2O4. The number of furan rings is 1. The molecule has 2 amide bonds. The number of ether oxygens (including phenoxy) is 1. The molecule has 0 bridgehead atoms. The van der Waals surface area contributed by atoms with Crippen LogP contribution in [0.4, 0.5) is 11.6 Å². The van der Waals surface area contributed by atoms with E-state index in [4.69, 9.17) is 9.15 Å². The average molecular weight is 302 g/mol. The van der Waals surface area contributed by atoms with Crippen molar-refractivity contribution in [2.45, 2.75) is 26.9 Å². The van der Waals surface area contributed by atoms with E-state index in [2.05, 4.69) is 10.6 Å². The minimum Gasteiger partial charge on any atom is -0.489 e. The lowest BCUT2D eigenvalue weighted by Crippen LogP contribution is -2.14. The van der Waals surface area contributed by atoms with Crippen LogP contribution in [0.3, 0.4) is 0 Å². The van der Waals surface area contributed by atoms with Crippen molar-refractivity contribution in [3.8, 4) is 5.75 Å². The summed E-state index contributed by atoms with van der Waals surface area (Å²) in [5, 5.41) is 5.20. The van der Waals surface area contributed by atoms with Crippen LogP contribution in [-0.4, -0.2) is 17.9 Å². The van der Waals surface area contributed by atoms with Gasteiger partial charge in [-0.3, -0.25) is 14.9 Å². The quantitative estimate of drug-likeness (QED) is 0.888. The lowest BCUT2D eigenvalue weighted by Gasteiger charge is -2.14. The molecule has 0 unspecified atom stereocenters. The fourth-order valence-electron chi connectivity index (χ4n) is 1.81. The van der Waals surface area contributed by atoms with Gasteiger partial charge >= 0.3 is 0 Å². The molecule has 0 radical (unpaired) electrons. The zero-order valence-corrected chi connectivity index (χ0v) is 12.7. The molecule has 0 saturated carbocycles. The Morgan fingerprint density at radius 2 is 1.82 bits per heavy atom. The van der Waals surface area contributed by atoms with Gasteiger partial charge in [-0.05, 0) is 32.0 Å². The zero-order chi connectivity index (χ0) is 16.1. The topological polar surface area (TPSA) is 80.6 Å². The second-order valence-corrected chi connectivity index (χ2v) is 4.96. The smallest absolute Gasteiger partial charge is 0.291 e. The molecule has 2 aromatic rings. The summed E-state index contributed by atoms with van der Waals surface area (Å²) >= 11 is 0. The standard InChI is InChI=1S/C16H18N2O4/c1-10(2)21-13-7-5-4-6-12(13)18-16(20)14-8-9-15(22-14)17-11(3)19/h4-10H,1-3H3,(H,17,19)(H,18,20). The van der Waals surface area contributed by atoms with Gasteiger partial charge in [0, 0.05) is 13.0 Å². The molecule has 0 aliphatic carbocycles. The fourth-order valence-corrected chi connectivity index (χ4v) is 1.81. The Hall–Kier alpha value is -2.76. The third-order valence-electron chi connectivity index (χ3n) is 2.63. The monoisotopic (exact) mass is 302 g/mol. The van der Waals surface area contributed by atoms with Gasteiger partial charge in [-0.1, -0.05) is 12.1 Å². The van der Waals surface area contributed by atoms with E-state index in [0.717, 1.165) is 0 Å². The second kappa shape index (κ2) is 6.80. The first-order valence-electron chi connectivity index (χ1n) is 6.90. The molecule has 6 nitrogen and oxygen atoms in total. The Labute approximate surface area is 128 Å². The number of para-hydroxylation sites is 2. The summed E-state index contributed by atoms with van der Waals surface area (Å²) in [6.45, 7) is 5.18. The van der Waals surface area contributed by atoms with E-state index in [1.807, 2.05) is 19.9 Å². The molecule has 0 aliphatic heterocycles. The highest BCUT2D eigenvalue weighted by molar-refractivity contribution is 6.03. The van der Waals surface area contributed by atoms with Crippen LogP contribution in [0.25, 0.3) is 0 Å². The molecule has 1 aromatic heterocycles. The summed E-state index contributed by atoms with van der Waals surface area (Å²) in [6.07, 6.45) is -0.00645. The third-order valence-corrected chi connectivity index (χ3v) is 2.63. The second-order valence-electron chi connectivity index (χ2n) is 4.96. The largest absolute Gasteiger partial charge is 0.489 e. The van der Waals surface area contributed by atoms with Crippen LogP contribution in [-0.2, 0) is 4.79 Å². The molecule has 2 N–H and O–H groups in total. The van der Waals surface area contributed by atoms with Gasteiger partial charge in [0.15, 0.2) is 11.6 Å². The number of nitrogens with one attached hydrogen (secondary N) is 2. The first-order valence-corrected chi connectivity index (χ1v) is 6.90. The summed E-state index contributed by atoms with van der Waals surface area (Å²) in [4.78, 5) is 23.1. The van der Waals surface area contributed by atoms with E-state index >= 15 is 0 Å². The number of carbonyl (C=O) groups excluding carboxylic acids is 2. The van der Waals surface area contributed by atoms with E-state index in [-0.39, 0.29) is 23.7 Å². The average Bonchev–Trinajstić information content (AvgIpc) is 2.88. The number of carbonyl (C=O) groups is 2. The van der Waals surface area contributed by atoms with E-state index in [9.17, 15) is 9.59 Å². The van der Waals surface area contributed by atoms with Crippen molar-refractivity contribution >= 4 is 23.4 Å². The number of anilines is 2. The molecule has 0 aliphatic rings. The number of hydrogen-bond acceptors (Lipinski definition) is 4. The number of rotatable bonds is 5. The van der Waals surface area contributed by atoms with Gasteiger partial charge in [0.2, 0.25) is 5.91 Å². The van der Waals surface area contributed by atoms with Gasteiger partial charge in [-0.25, -0.2) is 0 Å². The van der Waals surface area contributed by atoms with Gasteiger partial charge in [0.1, 0.15) is 5.75 Å². The van der Waals surface area contributed by atoms with Gasteiger partial charge in [-0.15, -0.1) is 0 Å². The summed E-state index contributed by atoms with van der Waals surface area (Å²) in [6, 6.07) is 10.2. The maximum absolute atomic E-state index is 12.2. The minimum atomic E-state index is -0.420. The minimum absolute atomic E-state index is 0.00645. The summed E-state index contributed by atoms with van der Waals surface area (Å²) in [5.74, 6) is 0.223. The Bertz CT molecular complexity index is 676. The van der Waals surface area contributed by atoms with Gasteiger partial charge < -0.3 is 14.5 Å². The highest BCUT2D eigenvalue weighted by Crippen LogP contribution is 2.26. The first kappa shape index (κ1) is 15.6. The van der Waals surface area contributed by atoms with E-state index in [1.165, 1.54) is 19.1 Å². The Morgan fingerprint density at radius 3 is 2.50 bits per heavy atom. The van der Waals surface area contributed by atoms with Crippen LogP contribution < -0.4 is 15.4 Å². The highest BCUT2D eigenvalue weighted by atomic mass is 16.5. The van der Waals surface area contributed by atoms with Crippen molar-refractivity contribution < 1.29 is 18.7 Å². The van der Waals surface area contributed by atoms with Crippen LogP contribution in [0.2, 0.25) is 0 Å². The van der Waals surface area contributed by atoms with Gasteiger partial charge in [0.25, 0.3) is 5.91 Å². The molecule has 1 aromatic carbocycles. The van der Waals surface area contributed by atoms with Crippen molar-refractivity contribution in [3.63, 3.8) is 0 Å². The molecule has 0 fully saturated rings. The molecule has 0 saturated heterocycles. The van der Waals surface area contributed by atoms with Crippen LogP contribution in [0.1, 0.15) is 31.3 Å². The van der Waals surface area contributed by atoms with Crippen molar-refractivity contribution in [2.24, 2.45) is 0 Å². The lowest BCUT2D eigenvalue weighted by atomic mass is 10.2. The van der Waals surface area contributed by atoms with Crippen molar-refractivity contribution in [1.82, 2.24) is 0 Å². The van der Waals surface area contributed by atoms with Crippen molar-refractivity contribution in [3.05, 3.63) is 42.2 Å². The zero-order valence-electron chi connectivity index (χ0n) is 12.7. The van der Waals surface area contributed by atoms with E-state index < -0.39 is 5.91 Å². The van der Waals surface area contributed by atoms with Gasteiger partial charge in [0.05, 0.1) is 11.8 Å². The summed E-state index contributed by atoms with van der Waals surface area (Å²) < 4.78 is 10.9. The van der Waals surface area contributed by atoms with E-state index in [1.54, 1.807) is 18.2 Å². The maximum Gasteiger partial charge on any atom is 0.291 e. The molecule has 0 spiro atoms. The lowest BCUT2D eigenvalue weighted by molar-refractivity contribution is -0.114. The normalized spacial score (nSPS) is 10.4. The third kappa shape index (κ3) is 4.12. The predicted molar refractivity (Wildman–Crippen MR) is 83.2 cm³/mol. The molecule has 1 heterocycles. The summed E-state index contributed by atoms with van der Waals surface area (Å²) in [7, 11) is 0. The fraction of sp³-hybridized carbons (Fsp3) is 0.250. The first-order chi connectivity index (χ1) is 10.5. The maximum atomic E-state index is 12.2. The highest BCUT2D eigenvalue weighted by Gasteiger charge is 2.14. The van der Waals surface area contributed by atoms with Crippen LogP contribution in [0, 0.1) is 0 Å². The number of amides is 2. The Balaban J connectivity index is 2.12. The molecule has 6 heteroatoms. The van der Waals surface area contributed by atoms with Crippen LogP contribution >= 0.6 is 0 Å². The van der Waals surface area contributed by atoms with E-state index in [0.29, 0.717) is 11.4 Å². The number of hydrogen-bond donors (Lipinski definition) is 2. The molecular weight excluding hydrogens is 284 g/mol. The molecule has 22 heavy (non-hydrogen) atoms. The van der Waals surface area contributed by atoms with Crippen molar-refractivity contribution in [2.75, 3.05) is 10.6 Å². The number of benzene rings is 1. The Morgan fingerprint density at radius 1 is 1.09 bits per heavy atom. The Kier molecular flexibility index (Phi) is 4.83. The molecule has 116 valence electrons.